The first kappa shape index (κ1) is 34.0. The van der Waals surface area contributed by atoms with Gasteiger partial charge in [-0.2, -0.15) is 13.5 Å². The Morgan fingerprint density at radius 2 is 1.78 bits per heavy atom. The smallest absolute Gasteiger partial charge is 0.387 e. The van der Waals surface area contributed by atoms with Crippen LogP contribution < -0.4 is 14.2 Å². The van der Waals surface area contributed by atoms with Crippen molar-refractivity contribution in [1.29, 1.82) is 0 Å². The Morgan fingerprint density at radius 1 is 1.09 bits per heavy atom. The summed E-state index contributed by atoms with van der Waals surface area (Å²) in [6, 6.07) is 11.6. The molecule has 2 fully saturated rings. The Hall–Kier alpha value is -3.32. The first-order chi connectivity index (χ1) is 22.0. The number of nitrogens with zero attached hydrogens (tertiary/aromatic N) is 3. The average molecular weight is 697 g/mol. The summed E-state index contributed by atoms with van der Waals surface area (Å²) >= 11 is 14.2. The summed E-state index contributed by atoms with van der Waals surface area (Å²) in [5.74, 6) is 0.384. The number of hydrogen-bond acceptors (Lipinski definition) is 8. The van der Waals surface area contributed by atoms with Gasteiger partial charge in [0.2, 0.25) is 0 Å². The number of alkyl halides is 2. The second-order valence-electron chi connectivity index (χ2n) is 11.4. The quantitative estimate of drug-likeness (QED) is 0.120. The summed E-state index contributed by atoms with van der Waals surface area (Å²) in [7, 11) is 3.38. The molecule has 1 amide bonds. The lowest BCUT2D eigenvalue weighted by Crippen LogP contribution is -2.36. The number of carbonyl (C=O) groups excluding carboxylic acids is 2. The minimum Gasteiger partial charge on any atom is -0.619 e. The SMILES string of the molecule is CN(C)C(=O)c1ccc(CN2CCS[C@H]2C(=O)O[C@@H](Cc2c(Cl)c[n+]([O-])cc2Cl)c2ccc(OC(F)F)c(OCC3CC3)c2)cc1. The maximum atomic E-state index is 13.8. The molecule has 0 spiro atoms. The number of halogens is 4. The third-order valence-electron chi connectivity index (χ3n) is 7.61. The molecule has 1 saturated heterocycles. The number of thioether (sulfide) groups is 1. The van der Waals surface area contributed by atoms with Crippen LogP contribution in [0.4, 0.5) is 8.78 Å². The molecule has 3 aromatic rings. The molecule has 46 heavy (non-hydrogen) atoms. The molecule has 14 heteroatoms. The number of benzene rings is 2. The summed E-state index contributed by atoms with van der Waals surface area (Å²) in [5.41, 5.74) is 2.31. The molecule has 1 aliphatic heterocycles. The fraction of sp³-hybridized carbons (Fsp3) is 0.406. The van der Waals surface area contributed by atoms with Gasteiger partial charge in [-0.1, -0.05) is 41.4 Å². The van der Waals surface area contributed by atoms with Crippen molar-refractivity contribution < 1.29 is 37.3 Å². The molecule has 2 aliphatic rings. The van der Waals surface area contributed by atoms with E-state index in [1.54, 1.807) is 26.2 Å². The van der Waals surface area contributed by atoms with E-state index < -0.39 is 24.1 Å². The molecule has 9 nitrogen and oxygen atoms in total. The van der Waals surface area contributed by atoms with E-state index in [2.05, 4.69) is 0 Å². The van der Waals surface area contributed by atoms with Crippen LogP contribution in [0.25, 0.3) is 0 Å². The molecule has 0 bridgehead atoms. The van der Waals surface area contributed by atoms with Crippen LogP contribution in [-0.2, 0) is 22.5 Å². The summed E-state index contributed by atoms with van der Waals surface area (Å²) in [4.78, 5) is 29.5. The Labute approximate surface area is 279 Å². The van der Waals surface area contributed by atoms with Crippen LogP contribution in [0.15, 0.2) is 54.9 Å². The van der Waals surface area contributed by atoms with E-state index in [1.165, 1.54) is 34.9 Å². The highest BCUT2D eigenvalue weighted by atomic mass is 35.5. The standard InChI is InChI=1S/C32H33Cl2F2N3O6S/c1-37(2)29(40)21-7-5-19(6-8-21)15-38-11-12-46-30(38)31(41)44-27(14-23-24(33)16-39(42)17-25(23)34)22-9-10-26(45-32(35)36)28(13-22)43-18-20-3-4-20/h5-10,13,16-17,20,27,30,32H,3-4,11-12,14-15,18H2,1-2H3/t27-,30-/m0/s1. The number of esters is 1. The third-order valence-corrected chi connectivity index (χ3v) is 9.49. The highest BCUT2D eigenvalue weighted by Gasteiger charge is 2.35. The van der Waals surface area contributed by atoms with Crippen molar-refractivity contribution in [3.8, 4) is 11.5 Å². The van der Waals surface area contributed by atoms with Crippen LogP contribution in [0.2, 0.25) is 10.0 Å². The summed E-state index contributed by atoms with van der Waals surface area (Å²) in [6.07, 6.45) is 3.32. The Morgan fingerprint density at radius 3 is 2.41 bits per heavy atom. The highest BCUT2D eigenvalue weighted by molar-refractivity contribution is 8.00. The van der Waals surface area contributed by atoms with E-state index in [0.717, 1.165) is 30.8 Å². The van der Waals surface area contributed by atoms with Gasteiger partial charge in [-0.25, -0.2) is 4.79 Å². The van der Waals surface area contributed by atoms with Gasteiger partial charge in [0.15, 0.2) is 29.3 Å². The number of carbonyl (C=O) groups is 2. The Balaban J connectivity index is 1.39. The van der Waals surface area contributed by atoms with E-state index in [1.807, 2.05) is 17.0 Å². The fourth-order valence-corrected chi connectivity index (χ4v) is 6.73. The summed E-state index contributed by atoms with van der Waals surface area (Å²) < 4.78 is 43.5. The third kappa shape index (κ3) is 8.72. The Bertz CT molecular complexity index is 1540. The van der Waals surface area contributed by atoms with Crippen molar-refractivity contribution in [2.24, 2.45) is 5.92 Å². The van der Waals surface area contributed by atoms with Gasteiger partial charge in [0, 0.05) is 50.5 Å². The normalized spacial score (nSPS) is 17.2. The molecule has 2 heterocycles. The van der Waals surface area contributed by atoms with Crippen molar-refractivity contribution in [3.63, 3.8) is 0 Å². The lowest BCUT2D eigenvalue weighted by Gasteiger charge is -2.26. The maximum Gasteiger partial charge on any atom is 0.387 e. The molecule has 0 unspecified atom stereocenters. The van der Waals surface area contributed by atoms with Gasteiger partial charge >= 0.3 is 12.6 Å². The first-order valence-corrected chi connectivity index (χ1v) is 16.4. The zero-order chi connectivity index (χ0) is 33.0. The van der Waals surface area contributed by atoms with Crippen molar-refractivity contribution >= 4 is 46.8 Å². The van der Waals surface area contributed by atoms with E-state index in [4.69, 9.17) is 37.4 Å². The zero-order valence-electron chi connectivity index (χ0n) is 25.2. The molecular weight excluding hydrogens is 663 g/mol. The van der Waals surface area contributed by atoms with E-state index >= 15 is 0 Å². The van der Waals surface area contributed by atoms with Gasteiger partial charge in [0.25, 0.3) is 5.91 Å². The molecular formula is C32H33Cl2F2N3O6S. The second-order valence-corrected chi connectivity index (χ2v) is 13.4. The molecule has 0 N–H and O–H groups in total. The van der Waals surface area contributed by atoms with Crippen molar-refractivity contribution in [2.75, 3.05) is 33.0 Å². The van der Waals surface area contributed by atoms with Crippen molar-refractivity contribution in [1.82, 2.24) is 9.80 Å². The van der Waals surface area contributed by atoms with E-state index in [-0.39, 0.29) is 33.9 Å². The monoisotopic (exact) mass is 695 g/mol. The number of aromatic nitrogens is 1. The largest absolute Gasteiger partial charge is 0.619 e. The molecule has 2 atom stereocenters. The Kier molecular flexibility index (Phi) is 11.1. The molecule has 1 aromatic heterocycles. The summed E-state index contributed by atoms with van der Waals surface area (Å²) in [6.45, 7) is -1.64. The molecule has 1 aliphatic carbocycles. The zero-order valence-corrected chi connectivity index (χ0v) is 27.5. The predicted octanol–water partition coefficient (Wildman–Crippen LogP) is 6.12. The van der Waals surface area contributed by atoms with Crippen LogP contribution in [0, 0.1) is 11.1 Å². The number of hydrogen-bond donors (Lipinski definition) is 0. The summed E-state index contributed by atoms with van der Waals surface area (Å²) in [5, 5.41) is 11.4. The average Bonchev–Trinajstić information content (AvgIpc) is 3.73. The number of pyridine rings is 1. The lowest BCUT2D eigenvalue weighted by atomic mass is 10.0. The number of rotatable bonds is 13. The molecule has 5 rings (SSSR count). The van der Waals surface area contributed by atoms with Gasteiger partial charge in [0.05, 0.1) is 6.61 Å². The minimum atomic E-state index is -3.06. The lowest BCUT2D eigenvalue weighted by molar-refractivity contribution is -0.605. The molecule has 0 radical (unpaired) electrons. The van der Waals surface area contributed by atoms with Crippen molar-refractivity contribution in [3.05, 3.63) is 92.4 Å². The topological polar surface area (TPSA) is 95.3 Å². The van der Waals surface area contributed by atoms with Gasteiger partial charge in [-0.3, -0.25) is 9.69 Å². The van der Waals surface area contributed by atoms with Crippen molar-refractivity contribution in [2.45, 2.75) is 43.9 Å². The number of amides is 1. The maximum absolute atomic E-state index is 13.8. The van der Waals surface area contributed by atoms with Crippen LogP contribution in [-0.4, -0.2) is 66.7 Å². The van der Waals surface area contributed by atoms with Crippen LogP contribution in [0.5, 0.6) is 11.5 Å². The predicted molar refractivity (Wildman–Crippen MR) is 170 cm³/mol. The van der Waals surface area contributed by atoms with E-state index in [0.29, 0.717) is 52.8 Å². The van der Waals surface area contributed by atoms with Gasteiger partial charge in [0.1, 0.15) is 16.1 Å². The minimum absolute atomic E-state index is 0.000114. The molecule has 2 aromatic carbocycles. The first-order valence-electron chi connectivity index (χ1n) is 14.6. The number of ether oxygens (including phenoxy) is 3. The van der Waals surface area contributed by atoms with Gasteiger partial charge in [-0.05, 0) is 54.2 Å². The van der Waals surface area contributed by atoms with Gasteiger partial charge < -0.3 is 24.3 Å². The second kappa shape index (κ2) is 15.1. The fourth-order valence-electron chi connectivity index (χ4n) is 4.99. The van der Waals surface area contributed by atoms with E-state index in [9.17, 15) is 23.6 Å². The molecule has 1 saturated carbocycles. The highest BCUT2D eigenvalue weighted by Crippen LogP contribution is 2.38. The van der Waals surface area contributed by atoms with Gasteiger partial charge in [-0.15, -0.1) is 11.8 Å². The molecule has 246 valence electrons. The van der Waals surface area contributed by atoms with Crippen LogP contribution >= 0.6 is 35.0 Å². The van der Waals surface area contributed by atoms with Crippen LogP contribution in [0.1, 0.15) is 46.0 Å². The van der Waals surface area contributed by atoms with Crippen LogP contribution in [0.3, 0.4) is 0 Å².